The average Bonchev–Trinajstić information content (AvgIpc) is 2.28. The highest BCUT2D eigenvalue weighted by Crippen LogP contribution is 2.30. The third-order valence-electron chi connectivity index (χ3n) is 1.74. The minimum atomic E-state index is -1.19. The van der Waals surface area contributed by atoms with Gasteiger partial charge in [0.1, 0.15) is 5.75 Å². The van der Waals surface area contributed by atoms with Gasteiger partial charge in [-0.25, -0.2) is 4.79 Å². The summed E-state index contributed by atoms with van der Waals surface area (Å²) in [5, 5.41) is 18.1. The summed E-state index contributed by atoms with van der Waals surface area (Å²) in [4.78, 5) is 10.9. The second-order valence-electron chi connectivity index (χ2n) is 2.53. The van der Waals surface area contributed by atoms with Crippen LogP contribution in [0.3, 0.4) is 0 Å². The van der Waals surface area contributed by atoms with Gasteiger partial charge in [0, 0.05) is 5.56 Å². The number of aliphatic hydroxyl groups excluding tert-OH is 1. The number of hydrogen-bond donors (Lipinski definition) is 2. The fraction of sp³-hybridized carbons (Fsp3) is 0.125. The Morgan fingerprint density at radius 1 is 1.42 bits per heavy atom. The van der Waals surface area contributed by atoms with Crippen LogP contribution in [0.2, 0.25) is 0 Å². The van der Waals surface area contributed by atoms with Crippen molar-refractivity contribution in [1.29, 1.82) is 0 Å². The summed E-state index contributed by atoms with van der Waals surface area (Å²) < 4.78 is 4.49. The average molecular weight is 166 g/mol. The molecule has 2 N–H and O–H groups in total. The van der Waals surface area contributed by atoms with E-state index in [9.17, 15) is 4.79 Å². The van der Waals surface area contributed by atoms with E-state index < -0.39 is 12.3 Å². The summed E-state index contributed by atoms with van der Waals surface area (Å²) in [6, 6.07) is 4.12. The van der Waals surface area contributed by atoms with E-state index in [0.29, 0.717) is 5.56 Å². The quantitative estimate of drug-likeness (QED) is 0.552. The number of benzene rings is 1. The van der Waals surface area contributed by atoms with E-state index in [2.05, 4.69) is 4.74 Å². The molecule has 4 heteroatoms. The van der Waals surface area contributed by atoms with Crippen molar-refractivity contribution in [3.63, 3.8) is 0 Å². The molecule has 1 aromatic carbocycles. The van der Waals surface area contributed by atoms with Crippen LogP contribution < -0.4 is 0 Å². The predicted molar refractivity (Wildman–Crippen MR) is 38.5 cm³/mol. The van der Waals surface area contributed by atoms with Crippen LogP contribution in [0, 0.1) is 0 Å². The Morgan fingerprint density at radius 3 is 2.92 bits per heavy atom. The van der Waals surface area contributed by atoms with Gasteiger partial charge in [0.25, 0.3) is 0 Å². The number of cyclic esters (lactones) is 1. The van der Waals surface area contributed by atoms with E-state index in [-0.39, 0.29) is 11.3 Å². The molecule has 1 atom stereocenters. The summed E-state index contributed by atoms with van der Waals surface area (Å²) in [6.45, 7) is 0. The Morgan fingerprint density at radius 2 is 2.17 bits per heavy atom. The first kappa shape index (κ1) is 7.12. The number of phenols is 1. The number of phenolic OH excluding ortho intramolecular Hbond substituents is 1. The van der Waals surface area contributed by atoms with Crippen LogP contribution in [0.5, 0.6) is 5.75 Å². The van der Waals surface area contributed by atoms with Gasteiger partial charge in [-0.3, -0.25) is 0 Å². The van der Waals surface area contributed by atoms with Crippen molar-refractivity contribution in [2.24, 2.45) is 0 Å². The minimum Gasteiger partial charge on any atom is -0.508 e. The van der Waals surface area contributed by atoms with Crippen molar-refractivity contribution in [2.45, 2.75) is 6.29 Å². The number of rotatable bonds is 0. The topological polar surface area (TPSA) is 66.8 Å². The SMILES string of the molecule is O=C1OC(O)c2ccc(O)cc21. The molecule has 4 nitrogen and oxygen atoms in total. The standard InChI is InChI=1S/C8H6O4/c9-4-1-2-5-6(3-4)8(11)12-7(5)10/h1-3,7,9-10H. The van der Waals surface area contributed by atoms with Crippen LogP contribution in [0.25, 0.3) is 0 Å². The van der Waals surface area contributed by atoms with Crippen molar-refractivity contribution >= 4 is 5.97 Å². The number of esters is 1. The molecular formula is C8H6O4. The number of aliphatic hydroxyl groups is 1. The number of carbonyl (C=O) groups is 1. The number of carbonyl (C=O) groups excluding carboxylic acids is 1. The second-order valence-corrected chi connectivity index (χ2v) is 2.53. The normalized spacial score (nSPS) is 20.4. The zero-order chi connectivity index (χ0) is 8.72. The highest BCUT2D eigenvalue weighted by molar-refractivity contribution is 5.94. The molecule has 0 aliphatic carbocycles. The highest BCUT2D eigenvalue weighted by Gasteiger charge is 2.29. The lowest BCUT2D eigenvalue weighted by Crippen LogP contribution is -1.95. The second kappa shape index (κ2) is 2.22. The zero-order valence-electron chi connectivity index (χ0n) is 6.02. The largest absolute Gasteiger partial charge is 0.508 e. The van der Waals surface area contributed by atoms with Gasteiger partial charge in [-0.15, -0.1) is 0 Å². The Bertz CT molecular complexity index is 345. The Hall–Kier alpha value is -1.55. The van der Waals surface area contributed by atoms with Crippen LogP contribution >= 0.6 is 0 Å². The van der Waals surface area contributed by atoms with Crippen molar-refractivity contribution < 1.29 is 19.7 Å². The van der Waals surface area contributed by atoms with Crippen molar-refractivity contribution in [3.05, 3.63) is 29.3 Å². The number of fused-ring (bicyclic) bond motifs is 1. The molecule has 2 rings (SSSR count). The molecule has 0 fully saturated rings. The fourth-order valence-electron chi connectivity index (χ4n) is 1.16. The number of aromatic hydroxyl groups is 1. The van der Waals surface area contributed by atoms with E-state index in [4.69, 9.17) is 10.2 Å². The van der Waals surface area contributed by atoms with Crippen LogP contribution in [0.15, 0.2) is 18.2 Å². The van der Waals surface area contributed by atoms with Gasteiger partial charge < -0.3 is 14.9 Å². The summed E-state index contributed by atoms with van der Waals surface area (Å²) in [6.07, 6.45) is -1.19. The molecule has 0 saturated carbocycles. The lowest BCUT2D eigenvalue weighted by Gasteiger charge is -1.99. The molecule has 1 aliphatic rings. The van der Waals surface area contributed by atoms with Crippen LogP contribution in [-0.2, 0) is 4.74 Å². The molecular weight excluding hydrogens is 160 g/mol. The van der Waals surface area contributed by atoms with Crippen LogP contribution in [0.4, 0.5) is 0 Å². The first-order valence-electron chi connectivity index (χ1n) is 3.40. The molecule has 1 unspecified atom stereocenters. The molecule has 1 heterocycles. The van der Waals surface area contributed by atoms with E-state index in [1.54, 1.807) is 0 Å². The van der Waals surface area contributed by atoms with E-state index in [0.717, 1.165) is 0 Å². The summed E-state index contributed by atoms with van der Waals surface area (Å²) in [5.41, 5.74) is 0.625. The minimum absolute atomic E-state index is 0.0141. The maximum absolute atomic E-state index is 10.9. The Balaban J connectivity index is 2.60. The van der Waals surface area contributed by atoms with Gasteiger partial charge in [0.05, 0.1) is 5.56 Å². The molecule has 62 valence electrons. The Kier molecular flexibility index (Phi) is 1.31. The fourth-order valence-corrected chi connectivity index (χ4v) is 1.16. The molecule has 12 heavy (non-hydrogen) atoms. The van der Waals surface area contributed by atoms with Gasteiger partial charge in [0.2, 0.25) is 6.29 Å². The molecule has 0 radical (unpaired) electrons. The molecule has 0 amide bonds. The molecule has 0 bridgehead atoms. The number of hydrogen-bond acceptors (Lipinski definition) is 4. The van der Waals surface area contributed by atoms with Gasteiger partial charge in [0.15, 0.2) is 0 Å². The monoisotopic (exact) mass is 166 g/mol. The smallest absolute Gasteiger partial charge is 0.341 e. The first-order valence-corrected chi connectivity index (χ1v) is 3.40. The molecule has 0 saturated heterocycles. The van der Waals surface area contributed by atoms with Gasteiger partial charge in [-0.2, -0.15) is 0 Å². The lowest BCUT2D eigenvalue weighted by atomic mass is 10.1. The third kappa shape index (κ3) is 0.853. The van der Waals surface area contributed by atoms with Crippen molar-refractivity contribution in [1.82, 2.24) is 0 Å². The Labute approximate surface area is 68.0 Å². The summed E-state index contributed by atoms with van der Waals surface area (Å²) >= 11 is 0. The van der Waals surface area contributed by atoms with E-state index >= 15 is 0 Å². The van der Waals surface area contributed by atoms with E-state index in [1.165, 1.54) is 18.2 Å². The number of ether oxygens (including phenoxy) is 1. The highest BCUT2D eigenvalue weighted by atomic mass is 16.6. The molecule has 0 aromatic heterocycles. The predicted octanol–water partition coefficient (Wildman–Crippen LogP) is 0.553. The van der Waals surface area contributed by atoms with E-state index in [1.807, 2.05) is 0 Å². The maximum Gasteiger partial charge on any atom is 0.341 e. The van der Waals surface area contributed by atoms with Crippen LogP contribution in [-0.4, -0.2) is 16.2 Å². The first-order chi connectivity index (χ1) is 5.68. The molecule has 1 aliphatic heterocycles. The lowest BCUT2D eigenvalue weighted by molar-refractivity contribution is -0.0547. The van der Waals surface area contributed by atoms with Crippen molar-refractivity contribution in [3.8, 4) is 5.75 Å². The van der Waals surface area contributed by atoms with Crippen LogP contribution in [0.1, 0.15) is 22.2 Å². The van der Waals surface area contributed by atoms with Gasteiger partial charge in [-0.05, 0) is 18.2 Å². The zero-order valence-corrected chi connectivity index (χ0v) is 6.02. The van der Waals surface area contributed by atoms with Crippen molar-refractivity contribution in [2.75, 3.05) is 0 Å². The summed E-state index contributed by atoms with van der Waals surface area (Å²) in [7, 11) is 0. The van der Waals surface area contributed by atoms with Gasteiger partial charge in [-0.1, -0.05) is 0 Å². The third-order valence-corrected chi connectivity index (χ3v) is 1.74. The molecule has 1 aromatic rings. The molecule has 0 spiro atoms. The summed E-state index contributed by atoms with van der Waals surface area (Å²) in [5.74, 6) is -0.617. The van der Waals surface area contributed by atoms with Gasteiger partial charge >= 0.3 is 5.97 Å². The maximum atomic E-state index is 10.9.